The molecule has 0 bridgehead atoms. The van der Waals surface area contributed by atoms with Crippen LogP contribution < -0.4 is 11.0 Å². The second-order valence-corrected chi connectivity index (χ2v) is 8.96. The summed E-state index contributed by atoms with van der Waals surface area (Å²) >= 11 is 0. The number of nitrogens with zero attached hydrogens (tertiary/aromatic N) is 3. The summed E-state index contributed by atoms with van der Waals surface area (Å²) in [6, 6.07) is 0.811. The zero-order chi connectivity index (χ0) is 21.5. The topological polar surface area (TPSA) is 95.1 Å². The predicted octanol–water partition coefficient (Wildman–Crippen LogP) is 1.21. The summed E-state index contributed by atoms with van der Waals surface area (Å²) < 4.78 is 13.7. The fraction of sp³-hybridized carbons (Fsp3) is 0.632. The van der Waals surface area contributed by atoms with E-state index in [1.807, 2.05) is 0 Å². The minimum atomic E-state index is -1.06. The van der Waals surface area contributed by atoms with Crippen molar-refractivity contribution in [2.24, 2.45) is 0 Å². The van der Waals surface area contributed by atoms with Crippen LogP contribution in [-0.4, -0.2) is 49.5 Å². The number of carbonyl (C=O) groups excluding carboxylic acids is 1. The first-order valence-corrected chi connectivity index (χ1v) is 9.18. The van der Waals surface area contributed by atoms with E-state index in [0.717, 1.165) is 0 Å². The Morgan fingerprint density at radius 2 is 1.82 bits per heavy atom. The van der Waals surface area contributed by atoms with Crippen LogP contribution in [0.2, 0.25) is 0 Å². The highest BCUT2D eigenvalue weighted by Crippen LogP contribution is 2.24. The monoisotopic (exact) mass is 390 g/mol. The third kappa shape index (κ3) is 4.83. The molecule has 0 aromatic carbocycles. The Hall–Kier alpha value is -2.13. The third-order valence-corrected chi connectivity index (χ3v) is 4.70. The molecule has 2 aromatic heterocycles. The molecule has 8 nitrogen and oxygen atoms in total. The van der Waals surface area contributed by atoms with Crippen LogP contribution in [0.25, 0.3) is 5.52 Å². The summed E-state index contributed by atoms with van der Waals surface area (Å²) in [5.41, 5.74) is -1.99. The summed E-state index contributed by atoms with van der Waals surface area (Å²) in [4.78, 5) is 25.1. The van der Waals surface area contributed by atoms with Gasteiger partial charge in [-0.1, -0.05) is 0 Å². The number of aromatic nitrogens is 3. The van der Waals surface area contributed by atoms with Gasteiger partial charge in [0.05, 0.1) is 11.2 Å². The van der Waals surface area contributed by atoms with Crippen molar-refractivity contribution in [3.8, 4) is 0 Å². The van der Waals surface area contributed by atoms with Crippen molar-refractivity contribution in [1.82, 2.24) is 14.2 Å². The van der Waals surface area contributed by atoms with Crippen LogP contribution in [-0.2, 0) is 14.2 Å². The maximum Gasteiger partial charge on any atom is 0.332 e. The molecule has 28 heavy (non-hydrogen) atoms. The molecule has 0 spiro atoms. The third-order valence-electron chi connectivity index (χ3n) is 4.70. The smallest absolute Gasteiger partial charge is 0.332 e. The molecule has 1 radical (unpaired) electrons. The van der Waals surface area contributed by atoms with Crippen molar-refractivity contribution >= 4 is 24.4 Å². The molecule has 1 N–H and O–H groups in total. The van der Waals surface area contributed by atoms with Gasteiger partial charge in [0.15, 0.2) is 0 Å². The van der Waals surface area contributed by atoms with Crippen molar-refractivity contribution in [3.63, 3.8) is 0 Å². The van der Waals surface area contributed by atoms with Gasteiger partial charge < -0.3 is 14.5 Å². The van der Waals surface area contributed by atoms with E-state index in [1.165, 1.54) is 22.9 Å². The number of rotatable bonds is 6. The first-order chi connectivity index (χ1) is 12.6. The molecule has 153 valence electrons. The molecule has 2 aromatic rings. The van der Waals surface area contributed by atoms with Gasteiger partial charge in [-0.05, 0) is 66.9 Å². The van der Waals surface area contributed by atoms with E-state index in [2.05, 4.69) is 5.10 Å². The van der Waals surface area contributed by atoms with Crippen molar-refractivity contribution < 1.29 is 19.3 Å². The molecule has 0 aliphatic rings. The van der Waals surface area contributed by atoms with Gasteiger partial charge in [0.2, 0.25) is 0 Å². The van der Waals surface area contributed by atoms with Gasteiger partial charge in [-0.2, -0.15) is 5.10 Å². The summed E-state index contributed by atoms with van der Waals surface area (Å²) in [6.07, 6.45) is 2.95. The maximum atomic E-state index is 12.8. The summed E-state index contributed by atoms with van der Waals surface area (Å²) in [5.74, 6) is -0.505. The molecular formula is C19H29BN3O5. The van der Waals surface area contributed by atoms with Crippen molar-refractivity contribution in [3.05, 3.63) is 28.9 Å². The molecule has 0 amide bonds. The lowest BCUT2D eigenvalue weighted by Crippen LogP contribution is -2.49. The number of aliphatic hydroxyl groups is 1. The Morgan fingerprint density at radius 3 is 2.36 bits per heavy atom. The van der Waals surface area contributed by atoms with Crippen LogP contribution in [0.3, 0.4) is 0 Å². The second-order valence-electron chi connectivity index (χ2n) is 8.96. The quantitative estimate of drug-likeness (QED) is 0.589. The summed E-state index contributed by atoms with van der Waals surface area (Å²) in [5, 5.41) is 14.4. The number of esters is 1. The number of hydrogen-bond donors (Lipinski definition) is 1. The molecule has 1 atom stereocenters. The van der Waals surface area contributed by atoms with E-state index in [0.29, 0.717) is 11.0 Å². The van der Waals surface area contributed by atoms with Gasteiger partial charge in [0.1, 0.15) is 23.5 Å². The summed E-state index contributed by atoms with van der Waals surface area (Å²) in [7, 11) is 1.48. The Kier molecular flexibility index (Phi) is 5.83. The lowest BCUT2D eigenvalue weighted by molar-refractivity contribution is -0.158. The van der Waals surface area contributed by atoms with E-state index in [9.17, 15) is 14.7 Å². The molecule has 0 unspecified atom stereocenters. The van der Waals surface area contributed by atoms with E-state index in [4.69, 9.17) is 9.39 Å². The normalized spacial score (nSPS) is 14.2. The summed E-state index contributed by atoms with van der Waals surface area (Å²) in [6.45, 7) is 13.8. The highest BCUT2D eigenvalue weighted by molar-refractivity contribution is 6.47. The maximum absolute atomic E-state index is 12.8. The zero-order valence-corrected chi connectivity index (χ0v) is 17.8. The molecule has 0 saturated carbocycles. The Balaban J connectivity index is 2.27. The number of ether oxygens (including phenoxy) is 1. The lowest BCUT2D eigenvalue weighted by Gasteiger charge is -2.37. The fourth-order valence-corrected chi connectivity index (χ4v) is 2.22. The standard InChI is InChI=1S/C19H29BN3O5/c1-12(16(25)27-17(2,3)4)22-11-21-23-10-13(9-14(23)15(22)24)20-28-19(7,8)18(5,6)26/h9-12,26H,1-8H3/t12-/m1/s1. The predicted molar refractivity (Wildman–Crippen MR) is 107 cm³/mol. The van der Waals surface area contributed by atoms with Crippen LogP contribution in [0.4, 0.5) is 0 Å². The number of fused-ring (bicyclic) bond motifs is 1. The van der Waals surface area contributed by atoms with Crippen molar-refractivity contribution in [1.29, 1.82) is 0 Å². The highest BCUT2D eigenvalue weighted by Gasteiger charge is 2.35. The largest absolute Gasteiger partial charge is 0.458 e. The Bertz CT molecular complexity index is 918. The second kappa shape index (κ2) is 7.37. The van der Waals surface area contributed by atoms with Gasteiger partial charge >= 0.3 is 13.5 Å². The molecule has 0 saturated heterocycles. The zero-order valence-electron chi connectivity index (χ0n) is 17.8. The van der Waals surface area contributed by atoms with Gasteiger partial charge in [-0.25, -0.2) is 9.31 Å². The van der Waals surface area contributed by atoms with E-state index >= 15 is 0 Å². The molecule has 9 heteroatoms. The van der Waals surface area contributed by atoms with Crippen molar-refractivity contribution in [2.45, 2.75) is 78.2 Å². The number of hydrogen-bond acceptors (Lipinski definition) is 6. The van der Waals surface area contributed by atoms with E-state index in [1.54, 1.807) is 67.7 Å². The molecule has 0 aliphatic heterocycles. The number of carbonyl (C=O) groups is 1. The first-order valence-electron chi connectivity index (χ1n) is 9.18. The van der Waals surface area contributed by atoms with Gasteiger partial charge in [-0.3, -0.25) is 9.36 Å². The highest BCUT2D eigenvalue weighted by atomic mass is 16.6. The van der Waals surface area contributed by atoms with Gasteiger partial charge in [-0.15, -0.1) is 0 Å². The average molecular weight is 390 g/mol. The van der Waals surface area contributed by atoms with Crippen LogP contribution in [0.1, 0.15) is 61.4 Å². The van der Waals surface area contributed by atoms with Crippen LogP contribution in [0.5, 0.6) is 0 Å². The SMILES string of the molecule is C[C@H](C(=O)OC(C)(C)C)n1cnn2cc([B]OC(C)(C)C(C)(C)O)cc2c1=O. The molecule has 2 heterocycles. The first kappa shape index (κ1) is 22.2. The van der Waals surface area contributed by atoms with Crippen LogP contribution in [0, 0.1) is 0 Å². The minimum absolute atomic E-state index is 0.300. The minimum Gasteiger partial charge on any atom is -0.458 e. The van der Waals surface area contributed by atoms with Gasteiger partial charge in [0.25, 0.3) is 5.56 Å². The molecule has 2 rings (SSSR count). The molecule has 0 fully saturated rings. The van der Waals surface area contributed by atoms with Crippen LogP contribution in [0.15, 0.2) is 23.4 Å². The fourth-order valence-electron chi connectivity index (χ4n) is 2.22. The van der Waals surface area contributed by atoms with Gasteiger partial charge in [0, 0.05) is 6.20 Å². The van der Waals surface area contributed by atoms with Crippen LogP contribution >= 0.6 is 0 Å². The molecule has 0 aliphatic carbocycles. The Morgan fingerprint density at radius 1 is 1.21 bits per heavy atom. The van der Waals surface area contributed by atoms with E-state index in [-0.39, 0.29) is 5.56 Å². The average Bonchev–Trinajstić information content (AvgIpc) is 2.94. The lowest BCUT2D eigenvalue weighted by atomic mass is 9.84. The molecular weight excluding hydrogens is 361 g/mol. The Labute approximate surface area is 165 Å². The van der Waals surface area contributed by atoms with E-state index < -0.39 is 28.8 Å². The van der Waals surface area contributed by atoms with Crippen molar-refractivity contribution in [2.75, 3.05) is 0 Å².